The van der Waals surface area contributed by atoms with E-state index >= 15 is 0 Å². The Kier molecular flexibility index (Phi) is 5.28. The first-order valence-electron chi connectivity index (χ1n) is 9.10. The first kappa shape index (κ1) is 19.4. The number of aryl methyl sites for hydroxylation is 2. The molecule has 2 N–H and O–H groups in total. The predicted octanol–water partition coefficient (Wildman–Crippen LogP) is 2.17. The third kappa shape index (κ3) is 3.85. The average Bonchev–Trinajstić information content (AvgIpc) is 2.87. The Labute approximate surface area is 160 Å². The summed E-state index contributed by atoms with van der Waals surface area (Å²) in [7, 11) is -2.12. The van der Waals surface area contributed by atoms with Crippen molar-refractivity contribution in [3.05, 3.63) is 40.5 Å². The van der Waals surface area contributed by atoms with Gasteiger partial charge in [0.05, 0.1) is 0 Å². The summed E-state index contributed by atoms with van der Waals surface area (Å²) in [6, 6.07) is 5.58. The fraction of sp³-hybridized carbons (Fsp3) is 0.474. The van der Waals surface area contributed by atoms with Crippen LogP contribution in [0.2, 0.25) is 0 Å². The molecule has 0 spiro atoms. The third-order valence-electron chi connectivity index (χ3n) is 5.27. The molecule has 1 aromatic rings. The molecular weight excluding hydrogens is 364 g/mol. The molecule has 0 bridgehead atoms. The van der Waals surface area contributed by atoms with Crippen molar-refractivity contribution in [2.45, 2.75) is 39.7 Å². The van der Waals surface area contributed by atoms with Crippen LogP contribution in [0.4, 0.5) is 4.79 Å². The van der Waals surface area contributed by atoms with Gasteiger partial charge in [-0.25, -0.2) is 4.79 Å². The van der Waals surface area contributed by atoms with Crippen molar-refractivity contribution < 1.29 is 13.2 Å². The van der Waals surface area contributed by atoms with Gasteiger partial charge in [0.25, 0.3) is 10.0 Å². The van der Waals surface area contributed by atoms with Crippen molar-refractivity contribution >= 4 is 26.8 Å². The van der Waals surface area contributed by atoms with E-state index in [2.05, 4.69) is 15.0 Å². The second kappa shape index (κ2) is 7.34. The van der Waals surface area contributed by atoms with Crippen molar-refractivity contribution in [3.63, 3.8) is 0 Å². The molecular formula is C19H26N4O3S. The number of amides is 2. The van der Waals surface area contributed by atoms with Gasteiger partial charge in [-0.1, -0.05) is 18.2 Å². The molecule has 3 rings (SSSR count). The SMILES string of the molecule is CNC(=O)NC1CCN(C2=NS(=O)(=O)C(c3ccc(C)c(C)c3)=C2C)CC1. The molecule has 1 saturated heterocycles. The molecule has 8 heteroatoms. The normalized spacial score (nSPS) is 19.9. The number of sulfonamides is 1. The van der Waals surface area contributed by atoms with Gasteiger partial charge in [-0.3, -0.25) is 0 Å². The highest BCUT2D eigenvalue weighted by Crippen LogP contribution is 2.35. The lowest BCUT2D eigenvalue weighted by atomic mass is 10.0. The molecule has 0 saturated carbocycles. The van der Waals surface area contributed by atoms with Crippen molar-refractivity contribution in [3.8, 4) is 0 Å². The number of rotatable bonds is 2. The second-order valence-corrected chi connectivity index (χ2v) is 8.67. The van der Waals surface area contributed by atoms with Crippen LogP contribution < -0.4 is 10.6 Å². The maximum atomic E-state index is 12.7. The zero-order valence-electron chi connectivity index (χ0n) is 16.2. The van der Waals surface area contributed by atoms with Crippen LogP contribution in [-0.4, -0.2) is 51.4 Å². The summed E-state index contributed by atoms with van der Waals surface area (Å²) in [5.41, 5.74) is 3.55. The van der Waals surface area contributed by atoms with E-state index in [9.17, 15) is 13.2 Å². The lowest BCUT2D eigenvalue weighted by Crippen LogP contribution is -2.48. The Morgan fingerprint density at radius 2 is 1.81 bits per heavy atom. The largest absolute Gasteiger partial charge is 0.356 e. The van der Waals surface area contributed by atoms with Crippen LogP contribution in [0.1, 0.15) is 36.5 Å². The van der Waals surface area contributed by atoms with E-state index in [1.165, 1.54) is 0 Å². The quantitative estimate of drug-likeness (QED) is 0.810. The van der Waals surface area contributed by atoms with Crippen molar-refractivity contribution in [1.29, 1.82) is 0 Å². The number of nitrogens with zero attached hydrogens (tertiary/aromatic N) is 2. The summed E-state index contributed by atoms with van der Waals surface area (Å²) >= 11 is 0. The number of hydrogen-bond acceptors (Lipinski definition) is 4. The average molecular weight is 391 g/mol. The van der Waals surface area contributed by atoms with Crippen LogP contribution in [0.25, 0.3) is 4.91 Å². The van der Waals surface area contributed by atoms with Gasteiger partial charge in [-0.2, -0.15) is 8.42 Å². The highest BCUT2D eigenvalue weighted by Gasteiger charge is 2.35. The van der Waals surface area contributed by atoms with E-state index in [1.807, 2.05) is 43.9 Å². The van der Waals surface area contributed by atoms with Gasteiger partial charge < -0.3 is 15.5 Å². The van der Waals surface area contributed by atoms with E-state index in [0.717, 1.165) is 24.0 Å². The molecule has 2 aliphatic heterocycles. The fourth-order valence-corrected chi connectivity index (χ4v) is 5.03. The zero-order valence-corrected chi connectivity index (χ0v) is 17.0. The molecule has 0 aromatic heterocycles. The van der Waals surface area contributed by atoms with Gasteiger partial charge in [0.1, 0.15) is 10.7 Å². The van der Waals surface area contributed by atoms with Crippen LogP contribution in [0.3, 0.4) is 0 Å². The lowest BCUT2D eigenvalue weighted by molar-refractivity contribution is 0.228. The Morgan fingerprint density at radius 1 is 1.15 bits per heavy atom. The molecule has 0 aliphatic carbocycles. The number of benzene rings is 1. The Balaban J connectivity index is 1.82. The summed E-state index contributed by atoms with van der Waals surface area (Å²) in [6.07, 6.45) is 1.50. The van der Waals surface area contributed by atoms with Crippen LogP contribution in [-0.2, 0) is 10.0 Å². The number of carbonyl (C=O) groups is 1. The Bertz CT molecular complexity index is 926. The summed E-state index contributed by atoms with van der Waals surface area (Å²) in [5.74, 6) is 0.529. The summed E-state index contributed by atoms with van der Waals surface area (Å²) in [5, 5.41) is 5.46. The van der Waals surface area contributed by atoms with Gasteiger partial charge in [-0.15, -0.1) is 4.40 Å². The minimum absolute atomic E-state index is 0.0864. The molecule has 1 aromatic carbocycles. The number of carbonyl (C=O) groups excluding carboxylic acids is 1. The topological polar surface area (TPSA) is 90.9 Å². The third-order valence-corrected chi connectivity index (χ3v) is 6.74. The molecule has 146 valence electrons. The molecule has 0 atom stereocenters. The smallest absolute Gasteiger partial charge is 0.314 e. The van der Waals surface area contributed by atoms with Crippen molar-refractivity contribution in [2.75, 3.05) is 20.1 Å². The number of piperidine rings is 1. The molecule has 2 amide bonds. The van der Waals surface area contributed by atoms with E-state index in [0.29, 0.717) is 35.0 Å². The van der Waals surface area contributed by atoms with Crippen molar-refractivity contribution in [1.82, 2.24) is 15.5 Å². The number of nitrogens with one attached hydrogen (secondary N) is 2. The molecule has 2 aliphatic rings. The first-order valence-corrected chi connectivity index (χ1v) is 10.5. The lowest BCUT2D eigenvalue weighted by Gasteiger charge is -2.33. The van der Waals surface area contributed by atoms with Crippen LogP contribution in [0, 0.1) is 13.8 Å². The molecule has 7 nitrogen and oxygen atoms in total. The van der Waals surface area contributed by atoms with E-state index in [4.69, 9.17) is 0 Å². The maximum Gasteiger partial charge on any atom is 0.314 e. The van der Waals surface area contributed by atoms with Gasteiger partial charge >= 0.3 is 6.03 Å². The predicted molar refractivity (Wildman–Crippen MR) is 107 cm³/mol. The minimum Gasteiger partial charge on any atom is -0.356 e. The van der Waals surface area contributed by atoms with Crippen LogP contribution in [0.5, 0.6) is 0 Å². The monoisotopic (exact) mass is 390 g/mol. The summed E-state index contributed by atoms with van der Waals surface area (Å²) in [4.78, 5) is 13.8. The summed E-state index contributed by atoms with van der Waals surface area (Å²) < 4.78 is 29.5. The maximum absolute atomic E-state index is 12.7. The van der Waals surface area contributed by atoms with E-state index in [-0.39, 0.29) is 12.1 Å². The molecule has 2 heterocycles. The highest BCUT2D eigenvalue weighted by atomic mass is 32.2. The Hall–Kier alpha value is -2.35. The van der Waals surface area contributed by atoms with Gasteiger partial charge in [0, 0.05) is 31.8 Å². The summed E-state index contributed by atoms with van der Waals surface area (Å²) in [6.45, 7) is 7.11. The number of amidine groups is 1. The molecule has 0 unspecified atom stereocenters. The number of likely N-dealkylation sites (tertiary alicyclic amines) is 1. The minimum atomic E-state index is -3.71. The molecule has 1 fully saturated rings. The van der Waals surface area contributed by atoms with Gasteiger partial charge in [0.2, 0.25) is 0 Å². The highest BCUT2D eigenvalue weighted by molar-refractivity contribution is 8.00. The van der Waals surface area contributed by atoms with Gasteiger partial charge in [0.15, 0.2) is 0 Å². The molecule has 27 heavy (non-hydrogen) atoms. The van der Waals surface area contributed by atoms with Gasteiger partial charge in [-0.05, 0) is 50.3 Å². The zero-order chi connectivity index (χ0) is 19.8. The second-order valence-electron chi connectivity index (χ2n) is 7.13. The van der Waals surface area contributed by atoms with E-state index < -0.39 is 10.0 Å². The standard InChI is InChI=1S/C19H26N4O3S/c1-12-5-6-15(11-13(12)2)17-14(3)18(22-27(17,25)26)23-9-7-16(8-10-23)21-19(24)20-4/h5-6,11,16H,7-10H2,1-4H3,(H2,20,21,24). The first-order chi connectivity index (χ1) is 12.7. The number of hydrogen-bond donors (Lipinski definition) is 2. The molecule has 0 radical (unpaired) electrons. The van der Waals surface area contributed by atoms with E-state index in [1.54, 1.807) is 7.05 Å². The van der Waals surface area contributed by atoms with Crippen LogP contribution in [0.15, 0.2) is 28.2 Å². The fourth-order valence-electron chi connectivity index (χ4n) is 3.56. The number of urea groups is 1. The van der Waals surface area contributed by atoms with Crippen molar-refractivity contribution in [2.24, 2.45) is 4.40 Å². The van der Waals surface area contributed by atoms with Crippen LogP contribution >= 0.6 is 0 Å². The Morgan fingerprint density at radius 3 is 2.41 bits per heavy atom.